The van der Waals surface area contributed by atoms with Crippen molar-refractivity contribution in [1.82, 2.24) is 14.9 Å². The number of pyridine rings is 2. The van der Waals surface area contributed by atoms with Crippen molar-refractivity contribution in [3.05, 3.63) is 59.4 Å². The standard InChI is InChI=1S/C29H34N6O/c1-20-5-8-26-24(20)7-10-28(32-26)34-14-12-33(13-15-34)18-23-19-35(17-21(2)36-23)27-9-6-22(16-30)29-25(27)4-3-11-31-29/h3-4,6-7,9-11,20-21,23H,5,8,12-15,17-19H2,1-2H3/t20?,21-,23+/m1/s1. The van der Waals surface area contributed by atoms with Crippen molar-refractivity contribution < 1.29 is 4.74 Å². The Kier molecular flexibility index (Phi) is 6.24. The molecule has 0 spiro atoms. The maximum Gasteiger partial charge on any atom is 0.128 e. The van der Waals surface area contributed by atoms with Gasteiger partial charge in [-0.25, -0.2) is 4.98 Å². The monoisotopic (exact) mass is 482 g/mol. The number of hydrogen-bond acceptors (Lipinski definition) is 7. The van der Waals surface area contributed by atoms with E-state index >= 15 is 0 Å². The fourth-order valence-electron chi connectivity index (χ4n) is 6.15. The number of aromatic nitrogens is 2. The molecule has 1 unspecified atom stereocenters. The largest absolute Gasteiger partial charge is 0.370 e. The third-order valence-electron chi connectivity index (χ3n) is 8.03. The van der Waals surface area contributed by atoms with Crippen molar-refractivity contribution >= 4 is 22.4 Å². The number of nitriles is 1. The number of nitrogens with zero attached hydrogens (tertiary/aromatic N) is 6. The number of benzene rings is 1. The normalized spacial score (nSPS) is 24.6. The average Bonchev–Trinajstić information content (AvgIpc) is 3.28. The third kappa shape index (κ3) is 4.40. The molecule has 1 aromatic carbocycles. The van der Waals surface area contributed by atoms with Gasteiger partial charge in [0.1, 0.15) is 11.9 Å². The van der Waals surface area contributed by atoms with E-state index in [9.17, 15) is 5.26 Å². The number of ether oxygens (including phenoxy) is 1. The Bertz CT molecular complexity index is 1290. The molecule has 1 aliphatic carbocycles. The van der Waals surface area contributed by atoms with E-state index in [0.717, 1.165) is 74.6 Å². The van der Waals surface area contributed by atoms with E-state index in [1.54, 1.807) is 6.20 Å². The van der Waals surface area contributed by atoms with E-state index in [-0.39, 0.29) is 12.2 Å². The van der Waals surface area contributed by atoms with Gasteiger partial charge in [0.15, 0.2) is 0 Å². The molecular weight excluding hydrogens is 448 g/mol. The Balaban J connectivity index is 1.11. The Morgan fingerprint density at radius 1 is 1.03 bits per heavy atom. The van der Waals surface area contributed by atoms with Crippen molar-refractivity contribution in [2.45, 2.75) is 44.8 Å². The number of rotatable bonds is 4. The predicted molar refractivity (Wildman–Crippen MR) is 143 cm³/mol. The molecule has 7 nitrogen and oxygen atoms in total. The zero-order valence-corrected chi connectivity index (χ0v) is 21.2. The van der Waals surface area contributed by atoms with Crippen LogP contribution in [0.2, 0.25) is 0 Å². The summed E-state index contributed by atoms with van der Waals surface area (Å²) in [5.41, 5.74) is 5.28. The second kappa shape index (κ2) is 9.68. The lowest BCUT2D eigenvalue weighted by Gasteiger charge is -2.42. The van der Waals surface area contributed by atoms with Crippen LogP contribution in [0.3, 0.4) is 0 Å². The fraction of sp³-hybridized carbons (Fsp3) is 0.483. The molecule has 36 heavy (non-hydrogen) atoms. The van der Waals surface area contributed by atoms with Crippen LogP contribution in [0.25, 0.3) is 10.9 Å². The molecule has 4 heterocycles. The molecule has 0 N–H and O–H groups in total. The van der Waals surface area contributed by atoms with Gasteiger partial charge in [-0.15, -0.1) is 0 Å². The van der Waals surface area contributed by atoms with Crippen LogP contribution < -0.4 is 9.80 Å². The maximum atomic E-state index is 9.51. The quantitative estimate of drug-likeness (QED) is 0.557. The van der Waals surface area contributed by atoms with Gasteiger partial charge in [-0.05, 0) is 61.6 Å². The molecular formula is C29H34N6O. The molecule has 3 aromatic rings. The van der Waals surface area contributed by atoms with E-state index in [1.807, 2.05) is 12.1 Å². The summed E-state index contributed by atoms with van der Waals surface area (Å²) in [6.45, 7) is 11.1. The molecule has 2 fully saturated rings. The van der Waals surface area contributed by atoms with Gasteiger partial charge in [-0.2, -0.15) is 5.26 Å². The Morgan fingerprint density at radius 2 is 1.89 bits per heavy atom. The molecule has 6 rings (SSSR count). The second-order valence-electron chi connectivity index (χ2n) is 10.6. The van der Waals surface area contributed by atoms with Crippen LogP contribution in [0.5, 0.6) is 0 Å². The number of hydrogen-bond donors (Lipinski definition) is 0. The molecule has 0 amide bonds. The van der Waals surface area contributed by atoms with Gasteiger partial charge in [-0.1, -0.05) is 13.0 Å². The lowest BCUT2D eigenvalue weighted by Crippen LogP contribution is -2.54. The van der Waals surface area contributed by atoms with Crippen molar-refractivity contribution in [3.8, 4) is 6.07 Å². The highest BCUT2D eigenvalue weighted by atomic mass is 16.5. The van der Waals surface area contributed by atoms with E-state index in [2.05, 4.69) is 63.9 Å². The highest BCUT2D eigenvalue weighted by Gasteiger charge is 2.30. The topological polar surface area (TPSA) is 68.5 Å². The first-order chi connectivity index (χ1) is 17.6. The van der Waals surface area contributed by atoms with Gasteiger partial charge in [-0.3, -0.25) is 9.88 Å². The molecule has 186 valence electrons. The van der Waals surface area contributed by atoms with Crippen LogP contribution in [0.4, 0.5) is 11.5 Å². The Labute approximate surface area is 213 Å². The first-order valence-corrected chi connectivity index (χ1v) is 13.2. The second-order valence-corrected chi connectivity index (χ2v) is 10.6. The SMILES string of the molecule is CC1CCc2nc(N3CCN(C[C@H]4CN(c5ccc(C#N)c6ncccc56)C[C@@H](C)O4)CC3)ccc21. The summed E-state index contributed by atoms with van der Waals surface area (Å²) in [4.78, 5) is 16.9. The van der Waals surface area contributed by atoms with Gasteiger partial charge >= 0.3 is 0 Å². The minimum atomic E-state index is 0.141. The van der Waals surface area contributed by atoms with Crippen LogP contribution in [0.1, 0.15) is 43.0 Å². The molecule has 0 radical (unpaired) electrons. The summed E-state index contributed by atoms with van der Waals surface area (Å²) in [5.74, 6) is 1.78. The lowest BCUT2D eigenvalue weighted by molar-refractivity contribution is -0.0327. The van der Waals surface area contributed by atoms with E-state index < -0.39 is 0 Å². The highest BCUT2D eigenvalue weighted by Crippen LogP contribution is 2.33. The van der Waals surface area contributed by atoms with Gasteiger partial charge in [0, 0.05) is 68.8 Å². The summed E-state index contributed by atoms with van der Waals surface area (Å²) in [6.07, 6.45) is 4.39. The van der Waals surface area contributed by atoms with Crippen molar-refractivity contribution in [2.75, 3.05) is 55.6 Å². The summed E-state index contributed by atoms with van der Waals surface area (Å²) in [7, 11) is 0. The fourth-order valence-corrected chi connectivity index (χ4v) is 6.15. The molecule has 0 saturated carbocycles. The number of aryl methyl sites for hydroxylation is 1. The van der Waals surface area contributed by atoms with Gasteiger partial charge in [0.25, 0.3) is 0 Å². The Hall–Kier alpha value is -3.21. The molecule has 0 bridgehead atoms. The lowest BCUT2D eigenvalue weighted by atomic mass is 10.1. The smallest absolute Gasteiger partial charge is 0.128 e. The summed E-state index contributed by atoms with van der Waals surface area (Å²) in [6, 6.07) is 14.8. The minimum Gasteiger partial charge on any atom is -0.370 e. The molecule has 3 aliphatic rings. The van der Waals surface area contributed by atoms with Gasteiger partial charge in [0.2, 0.25) is 0 Å². The van der Waals surface area contributed by atoms with Gasteiger partial charge in [0.05, 0.1) is 23.3 Å². The number of piperazine rings is 1. The number of morpholine rings is 1. The zero-order chi connectivity index (χ0) is 24.6. The third-order valence-corrected chi connectivity index (χ3v) is 8.03. The zero-order valence-electron chi connectivity index (χ0n) is 21.2. The highest BCUT2D eigenvalue weighted by molar-refractivity contribution is 5.95. The average molecular weight is 483 g/mol. The molecule has 3 atom stereocenters. The van der Waals surface area contributed by atoms with Gasteiger partial charge < -0.3 is 14.5 Å². The summed E-state index contributed by atoms with van der Waals surface area (Å²) >= 11 is 0. The van der Waals surface area contributed by atoms with E-state index in [4.69, 9.17) is 9.72 Å². The minimum absolute atomic E-state index is 0.141. The predicted octanol–water partition coefficient (Wildman–Crippen LogP) is 3.97. The molecule has 2 aliphatic heterocycles. The van der Waals surface area contributed by atoms with Crippen molar-refractivity contribution in [2.24, 2.45) is 0 Å². The first-order valence-electron chi connectivity index (χ1n) is 13.2. The van der Waals surface area contributed by atoms with Crippen molar-refractivity contribution in [1.29, 1.82) is 5.26 Å². The summed E-state index contributed by atoms with van der Waals surface area (Å²) < 4.78 is 6.39. The number of anilines is 2. The molecule has 2 saturated heterocycles. The summed E-state index contributed by atoms with van der Waals surface area (Å²) in [5, 5.41) is 10.5. The maximum absolute atomic E-state index is 9.51. The van der Waals surface area contributed by atoms with Crippen LogP contribution in [0, 0.1) is 11.3 Å². The van der Waals surface area contributed by atoms with Crippen LogP contribution in [-0.4, -0.2) is 72.9 Å². The first kappa shape index (κ1) is 23.2. The molecule has 7 heteroatoms. The number of fused-ring (bicyclic) bond motifs is 2. The molecule has 2 aromatic heterocycles. The van der Waals surface area contributed by atoms with E-state index in [0.29, 0.717) is 11.5 Å². The van der Waals surface area contributed by atoms with Crippen LogP contribution in [0.15, 0.2) is 42.6 Å². The van der Waals surface area contributed by atoms with E-state index in [1.165, 1.54) is 17.7 Å². The van der Waals surface area contributed by atoms with Crippen LogP contribution in [-0.2, 0) is 11.2 Å². The Morgan fingerprint density at radius 3 is 2.72 bits per heavy atom. The van der Waals surface area contributed by atoms with Crippen LogP contribution >= 0.6 is 0 Å². The van der Waals surface area contributed by atoms with Crippen molar-refractivity contribution in [3.63, 3.8) is 0 Å².